The van der Waals surface area contributed by atoms with E-state index in [2.05, 4.69) is 10.4 Å². The molecule has 22 heavy (non-hydrogen) atoms. The van der Waals surface area contributed by atoms with Crippen LogP contribution in [0.25, 0.3) is 5.69 Å². The Balaban J connectivity index is 1.72. The number of hydrogen-bond acceptors (Lipinski definition) is 3. The molecule has 2 aromatic rings. The van der Waals surface area contributed by atoms with Gasteiger partial charge in [0.05, 0.1) is 17.4 Å². The van der Waals surface area contributed by atoms with Crippen LogP contribution in [0.3, 0.4) is 0 Å². The normalized spacial score (nSPS) is 21.0. The Hall–Kier alpha value is -1.85. The van der Waals surface area contributed by atoms with Crippen LogP contribution < -0.4 is 11.1 Å². The fraction of sp³-hybridized carbons (Fsp3) is 0.375. The quantitative estimate of drug-likeness (QED) is 0.909. The van der Waals surface area contributed by atoms with Crippen molar-refractivity contribution < 1.29 is 4.79 Å². The van der Waals surface area contributed by atoms with Gasteiger partial charge >= 0.3 is 0 Å². The third kappa shape index (κ3) is 3.15. The van der Waals surface area contributed by atoms with Crippen molar-refractivity contribution in [2.24, 2.45) is 11.7 Å². The summed E-state index contributed by atoms with van der Waals surface area (Å²) in [6, 6.07) is 7.52. The first-order valence-electron chi connectivity index (χ1n) is 7.49. The van der Waals surface area contributed by atoms with Crippen LogP contribution in [0.5, 0.6) is 0 Å². The second-order valence-corrected chi connectivity index (χ2v) is 6.10. The number of carbonyl (C=O) groups is 1. The van der Waals surface area contributed by atoms with Crippen LogP contribution in [-0.2, 0) is 0 Å². The molecule has 2 atom stereocenters. The maximum atomic E-state index is 12.3. The lowest BCUT2D eigenvalue weighted by Crippen LogP contribution is -2.39. The number of nitrogens with two attached hydrogens (primary N) is 1. The van der Waals surface area contributed by atoms with Gasteiger partial charge < -0.3 is 11.1 Å². The number of rotatable bonds is 4. The van der Waals surface area contributed by atoms with Gasteiger partial charge in [0.1, 0.15) is 0 Å². The van der Waals surface area contributed by atoms with Crippen LogP contribution in [0.2, 0.25) is 5.02 Å². The van der Waals surface area contributed by atoms with Crippen LogP contribution in [0, 0.1) is 5.92 Å². The number of hydrogen-bond donors (Lipinski definition) is 2. The summed E-state index contributed by atoms with van der Waals surface area (Å²) in [5.41, 5.74) is 7.12. The minimum absolute atomic E-state index is 0.0985. The van der Waals surface area contributed by atoms with Crippen LogP contribution in [0.4, 0.5) is 0 Å². The zero-order valence-electron chi connectivity index (χ0n) is 12.2. The third-order valence-corrected chi connectivity index (χ3v) is 4.43. The van der Waals surface area contributed by atoms with Crippen molar-refractivity contribution in [3.63, 3.8) is 0 Å². The van der Waals surface area contributed by atoms with Gasteiger partial charge in [0.15, 0.2) is 0 Å². The van der Waals surface area contributed by atoms with Crippen molar-refractivity contribution in [1.82, 2.24) is 15.1 Å². The minimum Gasteiger partial charge on any atom is -0.349 e. The van der Waals surface area contributed by atoms with Gasteiger partial charge in [0.25, 0.3) is 5.91 Å². The molecule has 0 aliphatic heterocycles. The van der Waals surface area contributed by atoms with Crippen molar-refractivity contribution in [3.8, 4) is 5.69 Å². The van der Waals surface area contributed by atoms with Crippen molar-refractivity contribution in [3.05, 3.63) is 47.2 Å². The van der Waals surface area contributed by atoms with Crippen molar-refractivity contribution >= 4 is 17.5 Å². The minimum atomic E-state index is -0.0985. The molecule has 3 N–H and O–H groups in total. The topological polar surface area (TPSA) is 72.9 Å². The Labute approximate surface area is 134 Å². The summed E-state index contributed by atoms with van der Waals surface area (Å²) in [5.74, 6) is 0.283. The molecule has 1 fully saturated rings. The Morgan fingerprint density at radius 3 is 3.09 bits per heavy atom. The lowest BCUT2D eigenvalue weighted by atomic mass is 10.0. The van der Waals surface area contributed by atoms with Gasteiger partial charge in [-0.05, 0) is 43.5 Å². The van der Waals surface area contributed by atoms with Gasteiger partial charge in [0, 0.05) is 17.3 Å². The van der Waals surface area contributed by atoms with Gasteiger partial charge in [-0.25, -0.2) is 4.68 Å². The van der Waals surface area contributed by atoms with E-state index < -0.39 is 0 Å². The van der Waals surface area contributed by atoms with Crippen molar-refractivity contribution in [2.45, 2.75) is 25.3 Å². The SMILES string of the molecule is NCC1CCCC1NC(=O)c1cnn(-c2cccc(Cl)c2)c1. The zero-order chi connectivity index (χ0) is 15.5. The van der Waals surface area contributed by atoms with Crippen molar-refractivity contribution in [2.75, 3.05) is 6.54 Å². The fourth-order valence-electron chi connectivity index (χ4n) is 2.96. The highest BCUT2D eigenvalue weighted by Gasteiger charge is 2.27. The summed E-state index contributed by atoms with van der Waals surface area (Å²) in [4.78, 5) is 12.3. The molecule has 1 amide bonds. The average molecular weight is 319 g/mol. The monoisotopic (exact) mass is 318 g/mol. The summed E-state index contributed by atoms with van der Waals surface area (Å²) in [7, 11) is 0. The molecule has 5 nitrogen and oxygen atoms in total. The Morgan fingerprint density at radius 2 is 2.32 bits per heavy atom. The molecule has 0 bridgehead atoms. The Bertz CT molecular complexity index is 670. The zero-order valence-corrected chi connectivity index (χ0v) is 13.0. The van der Waals surface area contributed by atoms with Gasteiger partial charge in [0.2, 0.25) is 0 Å². The number of nitrogens with zero attached hydrogens (tertiary/aromatic N) is 2. The summed E-state index contributed by atoms with van der Waals surface area (Å²) in [6.07, 6.45) is 6.49. The van der Waals surface area contributed by atoms with Crippen LogP contribution >= 0.6 is 11.6 Å². The summed E-state index contributed by atoms with van der Waals surface area (Å²) in [6.45, 7) is 0.618. The Morgan fingerprint density at radius 1 is 1.45 bits per heavy atom. The van der Waals surface area contributed by atoms with Crippen LogP contribution in [0.15, 0.2) is 36.7 Å². The van der Waals surface area contributed by atoms with E-state index in [-0.39, 0.29) is 11.9 Å². The molecule has 6 heteroatoms. The molecule has 116 valence electrons. The standard InChI is InChI=1S/C16H19ClN4O/c17-13-4-2-5-14(7-13)21-10-12(9-19-21)16(22)20-15-6-1-3-11(15)8-18/h2,4-5,7,9-11,15H,1,3,6,8,18H2,(H,20,22). The highest BCUT2D eigenvalue weighted by Crippen LogP contribution is 2.25. The van der Waals surface area contributed by atoms with E-state index in [9.17, 15) is 4.79 Å². The van der Waals surface area contributed by atoms with Gasteiger partial charge in [-0.3, -0.25) is 4.79 Å². The molecule has 0 radical (unpaired) electrons. The molecule has 1 aliphatic rings. The number of benzene rings is 1. The average Bonchev–Trinajstić information content (AvgIpc) is 3.16. The molecule has 0 spiro atoms. The lowest BCUT2D eigenvalue weighted by molar-refractivity contribution is 0.0929. The predicted molar refractivity (Wildman–Crippen MR) is 86.2 cm³/mol. The highest BCUT2D eigenvalue weighted by molar-refractivity contribution is 6.30. The largest absolute Gasteiger partial charge is 0.349 e. The van der Waals surface area contributed by atoms with Gasteiger partial charge in [-0.2, -0.15) is 5.10 Å². The van der Waals surface area contributed by atoms with E-state index in [0.29, 0.717) is 23.0 Å². The molecule has 3 rings (SSSR count). The molecule has 2 unspecified atom stereocenters. The van der Waals surface area contributed by atoms with E-state index in [4.69, 9.17) is 17.3 Å². The number of halogens is 1. The second-order valence-electron chi connectivity index (χ2n) is 5.66. The summed E-state index contributed by atoms with van der Waals surface area (Å²) < 4.78 is 1.65. The maximum absolute atomic E-state index is 12.3. The predicted octanol–water partition coefficient (Wildman–Crippen LogP) is 2.38. The maximum Gasteiger partial charge on any atom is 0.254 e. The first-order valence-corrected chi connectivity index (χ1v) is 7.86. The summed E-state index contributed by atoms with van der Waals surface area (Å²) >= 11 is 5.98. The molecular weight excluding hydrogens is 300 g/mol. The third-order valence-electron chi connectivity index (χ3n) is 4.20. The highest BCUT2D eigenvalue weighted by atomic mass is 35.5. The molecular formula is C16H19ClN4O. The first kappa shape index (κ1) is 15.1. The molecule has 1 aromatic heterocycles. The molecule has 1 heterocycles. The van der Waals surface area contributed by atoms with E-state index in [1.54, 1.807) is 29.2 Å². The van der Waals surface area contributed by atoms with E-state index in [1.165, 1.54) is 0 Å². The fourth-order valence-corrected chi connectivity index (χ4v) is 3.15. The van der Waals surface area contributed by atoms with E-state index in [0.717, 1.165) is 24.9 Å². The van der Waals surface area contributed by atoms with Crippen LogP contribution in [0.1, 0.15) is 29.6 Å². The molecule has 1 saturated carbocycles. The number of carbonyl (C=O) groups excluding carboxylic acids is 1. The lowest BCUT2D eigenvalue weighted by Gasteiger charge is -2.18. The number of amides is 1. The molecule has 1 aromatic carbocycles. The molecule has 0 saturated heterocycles. The van der Waals surface area contributed by atoms with E-state index in [1.807, 2.05) is 12.1 Å². The molecule has 1 aliphatic carbocycles. The van der Waals surface area contributed by atoms with E-state index >= 15 is 0 Å². The van der Waals surface area contributed by atoms with Crippen LogP contribution in [-0.4, -0.2) is 28.3 Å². The van der Waals surface area contributed by atoms with Gasteiger partial charge in [-0.15, -0.1) is 0 Å². The Kier molecular flexibility index (Phi) is 4.45. The smallest absolute Gasteiger partial charge is 0.254 e. The van der Waals surface area contributed by atoms with Crippen molar-refractivity contribution in [1.29, 1.82) is 0 Å². The second kappa shape index (κ2) is 6.50. The summed E-state index contributed by atoms with van der Waals surface area (Å²) in [5, 5.41) is 7.94. The number of aromatic nitrogens is 2. The van der Waals surface area contributed by atoms with Gasteiger partial charge in [-0.1, -0.05) is 24.1 Å². The first-order chi connectivity index (χ1) is 10.7. The number of nitrogens with one attached hydrogen (secondary N) is 1.